The highest BCUT2D eigenvalue weighted by Gasteiger charge is 2.47. The quantitative estimate of drug-likeness (QED) is 0.688. The maximum atomic E-state index is 12.4. The molecule has 0 unspecified atom stereocenters. The molecule has 0 bridgehead atoms. The Morgan fingerprint density at radius 3 is 2.32 bits per heavy atom. The average molecular weight is 388 g/mol. The van der Waals surface area contributed by atoms with Crippen LogP contribution in [0.1, 0.15) is 37.7 Å². The van der Waals surface area contributed by atoms with Crippen LogP contribution < -0.4 is 14.8 Å². The molecule has 2 atom stereocenters. The molecule has 0 radical (unpaired) electrons. The van der Waals surface area contributed by atoms with Crippen molar-refractivity contribution < 1.29 is 23.9 Å². The number of nitrogens with one attached hydrogen (secondary N) is 1. The van der Waals surface area contributed by atoms with Gasteiger partial charge in [-0.25, -0.2) is 0 Å². The lowest BCUT2D eigenvalue weighted by Gasteiger charge is -2.19. The van der Waals surface area contributed by atoms with E-state index >= 15 is 0 Å². The molecule has 1 heterocycles. The predicted molar refractivity (Wildman–Crippen MR) is 103 cm³/mol. The van der Waals surface area contributed by atoms with Gasteiger partial charge in [-0.15, -0.1) is 0 Å². The molecule has 1 N–H and O–H groups in total. The molecule has 2 fully saturated rings. The van der Waals surface area contributed by atoms with Crippen molar-refractivity contribution in [3.63, 3.8) is 0 Å². The Kier molecular flexibility index (Phi) is 6.54. The monoisotopic (exact) mass is 388 g/mol. The van der Waals surface area contributed by atoms with Crippen LogP contribution in [0, 0.1) is 11.8 Å². The molecular weight excluding hydrogens is 360 g/mol. The zero-order chi connectivity index (χ0) is 20.1. The maximum Gasteiger partial charge on any atom is 0.233 e. The number of carbonyl (C=O) groups excluding carboxylic acids is 3. The van der Waals surface area contributed by atoms with Crippen LogP contribution in [0.2, 0.25) is 0 Å². The van der Waals surface area contributed by atoms with Gasteiger partial charge in [0, 0.05) is 19.5 Å². The summed E-state index contributed by atoms with van der Waals surface area (Å²) >= 11 is 0. The highest BCUT2D eigenvalue weighted by Crippen LogP contribution is 2.37. The number of fused-ring (bicyclic) bond motifs is 1. The minimum absolute atomic E-state index is 0.0900. The van der Waals surface area contributed by atoms with Crippen molar-refractivity contribution in [2.45, 2.75) is 38.5 Å². The fourth-order valence-electron chi connectivity index (χ4n) is 4.14. The smallest absolute Gasteiger partial charge is 0.233 e. The van der Waals surface area contributed by atoms with Crippen LogP contribution >= 0.6 is 0 Å². The van der Waals surface area contributed by atoms with Crippen LogP contribution in [0.3, 0.4) is 0 Å². The van der Waals surface area contributed by atoms with Crippen molar-refractivity contribution in [3.8, 4) is 11.5 Å². The molecule has 7 nitrogen and oxygen atoms in total. The predicted octanol–water partition coefficient (Wildman–Crippen LogP) is 1.93. The molecule has 3 rings (SSSR count). The molecular formula is C21H28N2O5. The van der Waals surface area contributed by atoms with Crippen molar-refractivity contribution in [2.24, 2.45) is 11.8 Å². The van der Waals surface area contributed by atoms with Crippen molar-refractivity contribution >= 4 is 17.7 Å². The Hall–Kier alpha value is -2.57. The normalized spacial score (nSPS) is 21.4. The number of nitrogens with zero attached hydrogens (tertiary/aromatic N) is 1. The van der Waals surface area contributed by atoms with E-state index in [2.05, 4.69) is 5.32 Å². The summed E-state index contributed by atoms with van der Waals surface area (Å²) in [6, 6.07) is 5.64. The summed E-state index contributed by atoms with van der Waals surface area (Å²) < 4.78 is 10.5. The number of likely N-dealkylation sites (tertiary alicyclic amines) is 1. The van der Waals surface area contributed by atoms with Gasteiger partial charge in [-0.3, -0.25) is 19.3 Å². The summed E-state index contributed by atoms with van der Waals surface area (Å²) in [5.41, 5.74) is 1.02. The van der Waals surface area contributed by atoms with Crippen LogP contribution in [0.25, 0.3) is 0 Å². The lowest BCUT2D eigenvalue weighted by molar-refractivity contribution is -0.140. The lowest BCUT2D eigenvalue weighted by atomic mass is 9.81. The third-order valence-corrected chi connectivity index (χ3v) is 5.68. The zero-order valence-corrected chi connectivity index (χ0v) is 16.5. The van der Waals surface area contributed by atoms with Crippen molar-refractivity contribution in [3.05, 3.63) is 23.8 Å². The summed E-state index contributed by atoms with van der Waals surface area (Å²) in [6.45, 7) is 0.647. The fourth-order valence-corrected chi connectivity index (χ4v) is 4.14. The SMILES string of the molecule is COc1ccc(CCNC(=O)CCN2C(=O)[C@H]3CCCC[C@@H]3C2=O)cc1OC. The molecule has 7 heteroatoms. The van der Waals surface area contributed by atoms with Crippen LogP contribution in [0.5, 0.6) is 11.5 Å². The number of methoxy groups -OCH3 is 2. The number of ether oxygens (including phenoxy) is 2. The van der Waals surface area contributed by atoms with Gasteiger partial charge in [0.05, 0.1) is 26.1 Å². The topological polar surface area (TPSA) is 84.9 Å². The molecule has 1 saturated carbocycles. The van der Waals surface area contributed by atoms with Gasteiger partial charge in [0.25, 0.3) is 0 Å². The van der Waals surface area contributed by atoms with Crippen molar-refractivity contribution in [1.82, 2.24) is 10.2 Å². The molecule has 1 aromatic carbocycles. The number of benzene rings is 1. The molecule has 1 aliphatic carbocycles. The van der Waals surface area contributed by atoms with Crippen molar-refractivity contribution in [1.29, 1.82) is 0 Å². The van der Waals surface area contributed by atoms with E-state index in [1.165, 1.54) is 4.90 Å². The molecule has 2 aliphatic rings. The minimum atomic E-state index is -0.158. The molecule has 28 heavy (non-hydrogen) atoms. The van der Waals surface area contributed by atoms with Crippen LogP contribution in [-0.2, 0) is 20.8 Å². The second-order valence-corrected chi connectivity index (χ2v) is 7.36. The van der Waals surface area contributed by atoms with Gasteiger partial charge in [-0.05, 0) is 37.0 Å². The van der Waals surface area contributed by atoms with Gasteiger partial charge < -0.3 is 14.8 Å². The Balaban J connectivity index is 1.44. The van der Waals surface area contributed by atoms with E-state index in [0.717, 1.165) is 31.2 Å². The first-order valence-corrected chi connectivity index (χ1v) is 9.88. The summed E-state index contributed by atoms with van der Waals surface area (Å²) in [6.07, 6.45) is 4.39. The highest BCUT2D eigenvalue weighted by molar-refractivity contribution is 6.05. The van der Waals surface area contributed by atoms with E-state index in [1.54, 1.807) is 14.2 Å². The van der Waals surface area contributed by atoms with E-state index in [4.69, 9.17) is 9.47 Å². The first kappa shape index (κ1) is 20.2. The Labute approximate surface area is 165 Å². The Morgan fingerprint density at radius 1 is 1.07 bits per heavy atom. The number of imide groups is 1. The van der Waals surface area contributed by atoms with Crippen LogP contribution in [-0.4, -0.2) is 49.9 Å². The largest absolute Gasteiger partial charge is 0.493 e. The Bertz CT molecular complexity index is 724. The first-order chi connectivity index (χ1) is 13.5. The van der Waals surface area contributed by atoms with Gasteiger partial charge in [0.15, 0.2) is 11.5 Å². The van der Waals surface area contributed by atoms with E-state index in [0.29, 0.717) is 24.5 Å². The van der Waals surface area contributed by atoms with Crippen LogP contribution in [0.15, 0.2) is 18.2 Å². The lowest BCUT2D eigenvalue weighted by Crippen LogP contribution is -2.35. The number of hydrogen-bond acceptors (Lipinski definition) is 5. The minimum Gasteiger partial charge on any atom is -0.493 e. The number of carbonyl (C=O) groups is 3. The average Bonchev–Trinajstić information content (AvgIpc) is 2.96. The summed E-state index contributed by atoms with van der Waals surface area (Å²) in [5, 5.41) is 2.85. The third-order valence-electron chi connectivity index (χ3n) is 5.68. The first-order valence-electron chi connectivity index (χ1n) is 9.88. The summed E-state index contributed by atoms with van der Waals surface area (Å²) in [5.74, 6) is 0.662. The second-order valence-electron chi connectivity index (χ2n) is 7.36. The van der Waals surface area contributed by atoms with E-state index in [-0.39, 0.29) is 42.5 Å². The van der Waals surface area contributed by atoms with E-state index in [1.807, 2.05) is 18.2 Å². The molecule has 1 aliphatic heterocycles. The maximum absolute atomic E-state index is 12.4. The van der Waals surface area contributed by atoms with Crippen molar-refractivity contribution in [2.75, 3.05) is 27.3 Å². The summed E-state index contributed by atoms with van der Waals surface area (Å²) in [7, 11) is 3.17. The van der Waals surface area contributed by atoms with E-state index < -0.39 is 0 Å². The standard InChI is InChI=1S/C21H28N2O5/c1-27-17-8-7-14(13-18(17)28-2)9-11-22-19(24)10-12-23-20(25)15-5-3-4-6-16(15)21(23)26/h7-8,13,15-16H,3-6,9-12H2,1-2H3,(H,22,24)/t15-,16-/m0/s1. The molecule has 152 valence electrons. The third kappa shape index (κ3) is 4.29. The highest BCUT2D eigenvalue weighted by atomic mass is 16.5. The fraction of sp³-hybridized carbons (Fsp3) is 0.571. The number of rotatable bonds is 8. The van der Waals surface area contributed by atoms with Gasteiger partial charge >= 0.3 is 0 Å². The van der Waals surface area contributed by atoms with Gasteiger partial charge in [-0.2, -0.15) is 0 Å². The molecule has 1 saturated heterocycles. The number of amides is 3. The van der Waals surface area contributed by atoms with Gasteiger partial charge in [0.2, 0.25) is 17.7 Å². The Morgan fingerprint density at radius 2 is 1.71 bits per heavy atom. The molecule has 3 amide bonds. The van der Waals surface area contributed by atoms with Gasteiger partial charge in [-0.1, -0.05) is 18.9 Å². The zero-order valence-electron chi connectivity index (χ0n) is 16.5. The molecule has 0 spiro atoms. The number of hydrogen-bond donors (Lipinski definition) is 1. The molecule has 0 aromatic heterocycles. The molecule has 1 aromatic rings. The summed E-state index contributed by atoms with van der Waals surface area (Å²) in [4.78, 5) is 38.3. The van der Waals surface area contributed by atoms with Crippen LogP contribution in [0.4, 0.5) is 0 Å². The second kappa shape index (κ2) is 9.08. The van der Waals surface area contributed by atoms with Gasteiger partial charge in [0.1, 0.15) is 0 Å². The van der Waals surface area contributed by atoms with E-state index in [9.17, 15) is 14.4 Å².